The fourth-order valence-electron chi connectivity index (χ4n) is 1.55. The van der Waals surface area contributed by atoms with Gasteiger partial charge in [0.15, 0.2) is 0 Å². The van der Waals surface area contributed by atoms with Crippen molar-refractivity contribution in [2.75, 3.05) is 0 Å². The summed E-state index contributed by atoms with van der Waals surface area (Å²) in [5.74, 6) is -0.308. The highest BCUT2D eigenvalue weighted by Gasteiger charge is 2.02. The van der Waals surface area contributed by atoms with Crippen LogP contribution in [-0.2, 0) is 17.9 Å². The van der Waals surface area contributed by atoms with Crippen molar-refractivity contribution in [2.24, 2.45) is 0 Å². The number of nitrogens with one attached hydrogen (secondary N) is 1. The van der Waals surface area contributed by atoms with E-state index in [4.69, 9.17) is 4.74 Å². The SMILES string of the molecule is O=C(NCc1ccccc1)OCc1ccc(F)cc1. The molecule has 0 fully saturated rings. The van der Waals surface area contributed by atoms with Crippen LogP contribution in [0.1, 0.15) is 11.1 Å². The molecule has 0 aliphatic carbocycles. The zero-order valence-corrected chi connectivity index (χ0v) is 10.3. The lowest BCUT2D eigenvalue weighted by Crippen LogP contribution is -2.23. The van der Waals surface area contributed by atoms with Crippen molar-refractivity contribution < 1.29 is 13.9 Å². The van der Waals surface area contributed by atoms with E-state index in [9.17, 15) is 9.18 Å². The number of hydrogen-bond acceptors (Lipinski definition) is 2. The van der Waals surface area contributed by atoms with E-state index in [1.165, 1.54) is 12.1 Å². The predicted octanol–water partition coefficient (Wildman–Crippen LogP) is 3.25. The smallest absolute Gasteiger partial charge is 0.407 e. The van der Waals surface area contributed by atoms with Gasteiger partial charge in [0, 0.05) is 6.54 Å². The molecule has 0 saturated heterocycles. The van der Waals surface area contributed by atoms with Crippen LogP contribution in [0.4, 0.5) is 9.18 Å². The summed E-state index contributed by atoms with van der Waals surface area (Å²) in [6.45, 7) is 0.546. The molecule has 0 saturated carbocycles. The molecule has 4 heteroatoms. The van der Waals surface area contributed by atoms with Gasteiger partial charge in [-0.05, 0) is 23.3 Å². The second-order valence-electron chi connectivity index (χ2n) is 4.04. The van der Waals surface area contributed by atoms with Crippen molar-refractivity contribution in [1.29, 1.82) is 0 Å². The molecule has 19 heavy (non-hydrogen) atoms. The van der Waals surface area contributed by atoms with E-state index in [0.717, 1.165) is 11.1 Å². The molecule has 0 bridgehead atoms. The molecular formula is C15H14FNO2. The number of rotatable bonds is 4. The highest BCUT2D eigenvalue weighted by atomic mass is 19.1. The van der Waals surface area contributed by atoms with Gasteiger partial charge in [0.2, 0.25) is 0 Å². The van der Waals surface area contributed by atoms with Crippen LogP contribution in [0.3, 0.4) is 0 Å². The van der Waals surface area contributed by atoms with Gasteiger partial charge in [-0.1, -0.05) is 42.5 Å². The minimum absolute atomic E-state index is 0.126. The van der Waals surface area contributed by atoms with Crippen LogP contribution in [0.2, 0.25) is 0 Å². The van der Waals surface area contributed by atoms with Crippen LogP contribution in [0, 0.1) is 5.82 Å². The molecule has 2 aromatic rings. The topological polar surface area (TPSA) is 38.3 Å². The standard InChI is InChI=1S/C15H14FNO2/c16-14-8-6-13(7-9-14)11-19-15(18)17-10-12-4-2-1-3-5-12/h1-9H,10-11H2,(H,17,18). The molecule has 0 atom stereocenters. The summed E-state index contributed by atoms with van der Waals surface area (Å²) in [4.78, 5) is 11.4. The van der Waals surface area contributed by atoms with Crippen molar-refractivity contribution >= 4 is 6.09 Å². The first kappa shape index (κ1) is 13.1. The molecule has 0 heterocycles. The molecule has 3 nitrogen and oxygen atoms in total. The van der Waals surface area contributed by atoms with Crippen LogP contribution in [0.15, 0.2) is 54.6 Å². The summed E-state index contributed by atoms with van der Waals surface area (Å²) >= 11 is 0. The van der Waals surface area contributed by atoms with Gasteiger partial charge in [-0.2, -0.15) is 0 Å². The van der Waals surface area contributed by atoms with Gasteiger partial charge in [-0.25, -0.2) is 9.18 Å². The van der Waals surface area contributed by atoms with Gasteiger partial charge >= 0.3 is 6.09 Å². The number of ether oxygens (including phenoxy) is 1. The Kier molecular flexibility index (Phi) is 4.50. The molecule has 98 valence electrons. The Morgan fingerprint density at radius 3 is 2.37 bits per heavy atom. The summed E-state index contributed by atoms with van der Waals surface area (Å²) in [6.07, 6.45) is -0.492. The van der Waals surface area contributed by atoms with Crippen molar-refractivity contribution in [3.63, 3.8) is 0 Å². The fraction of sp³-hybridized carbons (Fsp3) is 0.133. The fourth-order valence-corrected chi connectivity index (χ4v) is 1.55. The molecule has 0 spiro atoms. The van der Waals surface area contributed by atoms with Crippen LogP contribution in [0.5, 0.6) is 0 Å². The molecular weight excluding hydrogens is 245 g/mol. The van der Waals surface area contributed by atoms with Crippen molar-refractivity contribution in [1.82, 2.24) is 5.32 Å². The number of carbonyl (C=O) groups excluding carboxylic acids is 1. The zero-order valence-electron chi connectivity index (χ0n) is 10.3. The van der Waals surface area contributed by atoms with E-state index in [-0.39, 0.29) is 12.4 Å². The first-order valence-electron chi connectivity index (χ1n) is 5.93. The highest BCUT2D eigenvalue weighted by molar-refractivity contribution is 5.67. The Morgan fingerprint density at radius 1 is 1.00 bits per heavy atom. The predicted molar refractivity (Wildman–Crippen MR) is 69.9 cm³/mol. The van der Waals surface area contributed by atoms with Gasteiger partial charge in [-0.15, -0.1) is 0 Å². The summed E-state index contributed by atoms with van der Waals surface area (Å²) in [5, 5.41) is 2.65. The summed E-state index contributed by atoms with van der Waals surface area (Å²) in [5.41, 5.74) is 1.75. The number of benzene rings is 2. The Balaban J connectivity index is 1.74. The third kappa shape index (κ3) is 4.43. The average molecular weight is 259 g/mol. The Labute approximate surface area is 111 Å². The lowest BCUT2D eigenvalue weighted by molar-refractivity contribution is 0.139. The molecule has 0 unspecified atom stereocenters. The molecule has 0 aliphatic rings. The van der Waals surface area contributed by atoms with Gasteiger partial charge in [0.05, 0.1) is 0 Å². The normalized spacial score (nSPS) is 9.95. The first-order valence-corrected chi connectivity index (χ1v) is 5.93. The monoisotopic (exact) mass is 259 g/mol. The Bertz CT molecular complexity index is 526. The van der Waals surface area contributed by atoms with Crippen LogP contribution >= 0.6 is 0 Å². The lowest BCUT2D eigenvalue weighted by atomic mass is 10.2. The molecule has 0 aromatic heterocycles. The van der Waals surface area contributed by atoms with E-state index in [0.29, 0.717) is 6.54 Å². The summed E-state index contributed by atoms with van der Waals surface area (Å²) in [6, 6.07) is 15.4. The van der Waals surface area contributed by atoms with Crippen molar-refractivity contribution in [3.8, 4) is 0 Å². The number of carbonyl (C=O) groups is 1. The molecule has 1 amide bonds. The molecule has 1 N–H and O–H groups in total. The van der Waals surface area contributed by atoms with Crippen molar-refractivity contribution in [3.05, 3.63) is 71.5 Å². The summed E-state index contributed by atoms with van der Waals surface area (Å²) in [7, 11) is 0. The van der Waals surface area contributed by atoms with Gasteiger partial charge in [0.1, 0.15) is 12.4 Å². The second kappa shape index (κ2) is 6.54. The largest absolute Gasteiger partial charge is 0.445 e. The van der Waals surface area contributed by atoms with E-state index < -0.39 is 6.09 Å². The highest BCUT2D eigenvalue weighted by Crippen LogP contribution is 2.04. The Hall–Kier alpha value is -2.36. The van der Waals surface area contributed by atoms with Gasteiger partial charge in [-0.3, -0.25) is 0 Å². The maximum Gasteiger partial charge on any atom is 0.407 e. The Morgan fingerprint density at radius 2 is 1.68 bits per heavy atom. The van der Waals surface area contributed by atoms with Crippen molar-refractivity contribution in [2.45, 2.75) is 13.2 Å². The molecule has 0 radical (unpaired) electrons. The van der Waals surface area contributed by atoms with Gasteiger partial charge < -0.3 is 10.1 Å². The van der Waals surface area contributed by atoms with E-state index in [2.05, 4.69) is 5.32 Å². The zero-order chi connectivity index (χ0) is 13.5. The minimum atomic E-state index is -0.492. The number of hydrogen-bond donors (Lipinski definition) is 1. The van der Waals surface area contributed by atoms with E-state index in [1.54, 1.807) is 12.1 Å². The molecule has 2 aromatic carbocycles. The van der Waals surface area contributed by atoms with Crippen LogP contribution < -0.4 is 5.32 Å². The van der Waals surface area contributed by atoms with Gasteiger partial charge in [0.25, 0.3) is 0 Å². The third-order valence-electron chi connectivity index (χ3n) is 2.56. The third-order valence-corrected chi connectivity index (χ3v) is 2.56. The minimum Gasteiger partial charge on any atom is -0.445 e. The van der Waals surface area contributed by atoms with Crippen LogP contribution in [-0.4, -0.2) is 6.09 Å². The first-order chi connectivity index (χ1) is 9.24. The number of alkyl carbamates (subject to hydrolysis) is 1. The number of halogens is 1. The maximum atomic E-state index is 12.7. The average Bonchev–Trinajstić information content (AvgIpc) is 2.45. The van der Waals surface area contributed by atoms with E-state index in [1.807, 2.05) is 30.3 Å². The lowest BCUT2D eigenvalue weighted by Gasteiger charge is -2.07. The summed E-state index contributed by atoms with van der Waals surface area (Å²) < 4.78 is 17.7. The number of amides is 1. The van der Waals surface area contributed by atoms with E-state index >= 15 is 0 Å². The maximum absolute atomic E-state index is 12.7. The quantitative estimate of drug-likeness (QED) is 0.915. The molecule has 2 rings (SSSR count). The second-order valence-corrected chi connectivity index (χ2v) is 4.04. The molecule has 0 aliphatic heterocycles. The van der Waals surface area contributed by atoms with Crippen LogP contribution in [0.25, 0.3) is 0 Å².